The first-order chi connectivity index (χ1) is 4.50. The monoisotopic (exact) mass is 142 g/mol. The highest BCUT2D eigenvalue weighted by Crippen LogP contribution is 2.17. The van der Waals surface area contributed by atoms with Gasteiger partial charge in [-0.15, -0.1) is 0 Å². The van der Waals surface area contributed by atoms with Gasteiger partial charge in [-0.25, -0.2) is 0 Å². The molecule has 1 aromatic heterocycles. The van der Waals surface area contributed by atoms with Crippen molar-refractivity contribution < 1.29 is 9.53 Å². The zero-order chi connectivity index (χ0) is 7.78. The first-order valence-electron chi connectivity index (χ1n) is 3.07. The standard InChI is InChI=1S/C6H10N2O2/c1-6(2,3)5-4-8(9)10-7-5/h4H,1-3H3. The fourth-order valence-corrected chi connectivity index (χ4v) is 0.562. The lowest BCUT2D eigenvalue weighted by atomic mass is 9.93. The van der Waals surface area contributed by atoms with Crippen molar-refractivity contribution in [2.24, 2.45) is 0 Å². The molecular formula is C6H10N2O2. The second-order valence-electron chi connectivity index (χ2n) is 3.22. The van der Waals surface area contributed by atoms with Crippen LogP contribution in [-0.2, 0) is 5.41 Å². The summed E-state index contributed by atoms with van der Waals surface area (Å²) in [5.41, 5.74) is 0.557. The van der Waals surface area contributed by atoms with Crippen LogP contribution in [0.25, 0.3) is 0 Å². The van der Waals surface area contributed by atoms with Crippen LogP contribution in [0.3, 0.4) is 0 Å². The Hall–Kier alpha value is -1.06. The van der Waals surface area contributed by atoms with Crippen LogP contribution in [-0.4, -0.2) is 5.16 Å². The van der Waals surface area contributed by atoms with Crippen molar-refractivity contribution in [3.8, 4) is 0 Å². The summed E-state index contributed by atoms with van der Waals surface area (Å²) in [7, 11) is 0. The molecule has 1 rings (SSSR count). The average molecular weight is 142 g/mol. The first-order valence-corrected chi connectivity index (χ1v) is 3.07. The highest BCUT2D eigenvalue weighted by atomic mass is 16.8. The van der Waals surface area contributed by atoms with Crippen molar-refractivity contribution >= 4 is 0 Å². The summed E-state index contributed by atoms with van der Waals surface area (Å²) in [5.74, 6) is 0. The molecule has 56 valence electrons. The summed E-state index contributed by atoms with van der Waals surface area (Å²) in [5, 5.41) is 14.0. The van der Waals surface area contributed by atoms with Gasteiger partial charge in [0.1, 0.15) is 0 Å². The molecular weight excluding hydrogens is 132 g/mol. The lowest BCUT2D eigenvalue weighted by Crippen LogP contribution is -2.21. The molecule has 10 heavy (non-hydrogen) atoms. The van der Waals surface area contributed by atoms with Gasteiger partial charge in [0.05, 0.1) is 0 Å². The second-order valence-corrected chi connectivity index (χ2v) is 3.22. The molecule has 0 aromatic carbocycles. The average Bonchev–Trinajstić information content (AvgIpc) is 2.11. The maximum atomic E-state index is 10.4. The predicted octanol–water partition coefficient (Wildman–Crippen LogP) is 0.605. The van der Waals surface area contributed by atoms with Gasteiger partial charge in [-0.2, -0.15) is 0 Å². The van der Waals surface area contributed by atoms with Gasteiger partial charge in [-0.1, -0.05) is 20.8 Å². The fourth-order valence-electron chi connectivity index (χ4n) is 0.562. The van der Waals surface area contributed by atoms with E-state index in [9.17, 15) is 5.21 Å². The van der Waals surface area contributed by atoms with Gasteiger partial charge in [-0.3, -0.25) is 4.63 Å². The molecule has 0 unspecified atom stereocenters. The van der Waals surface area contributed by atoms with Gasteiger partial charge in [0.25, 0.3) is 0 Å². The SMILES string of the molecule is CC(C)(C)c1c[n+]([O-])on1. The number of nitrogens with zero attached hydrogens (tertiary/aromatic N) is 2. The minimum Gasteiger partial charge on any atom is -0.360 e. The molecule has 0 aliphatic rings. The summed E-state index contributed by atoms with van der Waals surface area (Å²) in [6.07, 6.45) is 1.33. The first kappa shape index (κ1) is 7.05. The van der Waals surface area contributed by atoms with Gasteiger partial charge in [0, 0.05) is 10.6 Å². The van der Waals surface area contributed by atoms with Crippen LogP contribution in [0.5, 0.6) is 0 Å². The van der Waals surface area contributed by atoms with E-state index >= 15 is 0 Å². The molecule has 0 aliphatic heterocycles. The smallest absolute Gasteiger partial charge is 0.223 e. The Balaban J connectivity index is 2.96. The van der Waals surface area contributed by atoms with Crippen LogP contribution in [0.1, 0.15) is 26.5 Å². The predicted molar refractivity (Wildman–Crippen MR) is 34.2 cm³/mol. The van der Waals surface area contributed by atoms with E-state index in [0.29, 0.717) is 10.6 Å². The molecule has 0 aliphatic carbocycles. The van der Waals surface area contributed by atoms with Crippen molar-refractivity contribution in [3.05, 3.63) is 17.1 Å². The third kappa shape index (κ3) is 1.26. The number of hydrogen-bond acceptors (Lipinski definition) is 3. The Labute approximate surface area is 59.0 Å². The summed E-state index contributed by atoms with van der Waals surface area (Å²) >= 11 is 0. The molecule has 0 radical (unpaired) electrons. The Morgan fingerprint density at radius 3 is 2.40 bits per heavy atom. The molecule has 4 heteroatoms. The topological polar surface area (TPSA) is 53.0 Å². The van der Waals surface area contributed by atoms with Crippen molar-refractivity contribution in [1.29, 1.82) is 0 Å². The van der Waals surface area contributed by atoms with E-state index in [2.05, 4.69) is 9.79 Å². The quantitative estimate of drug-likeness (QED) is 0.498. The van der Waals surface area contributed by atoms with E-state index in [1.807, 2.05) is 20.8 Å². The number of aromatic nitrogens is 2. The minimum absolute atomic E-state index is 0.112. The van der Waals surface area contributed by atoms with Crippen molar-refractivity contribution in [2.45, 2.75) is 26.2 Å². The highest BCUT2D eigenvalue weighted by molar-refractivity contribution is 5.02. The highest BCUT2D eigenvalue weighted by Gasteiger charge is 2.22. The van der Waals surface area contributed by atoms with Gasteiger partial charge in [0.15, 0.2) is 6.20 Å². The fraction of sp³-hybridized carbons (Fsp3) is 0.667. The minimum atomic E-state index is -0.112. The van der Waals surface area contributed by atoms with Crippen molar-refractivity contribution in [1.82, 2.24) is 5.16 Å². The zero-order valence-electron chi connectivity index (χ0n) is 6.29. The van der Waals surface area contributed by atoms with Crippen LogP contribution in [0, 0.1) is 5.21 Å². The third-order valence-electron chi connectivity index (χ3n) is 1.22. The molecule has 0 amide bonds. The Morgan fingerprint density at radius 2 is 2.20 bits per heavy atom. The summed E-state index contributed by atoms with van der Waals surface area (Å²) in [6.45, 7) is 5.89. The molecule has 0 N–H and O–H groups in total. The molecule has 0 bridgehead atoms. The molecule has 0 atom stereocenters. The normalized spacial score (nSPS) is 11.9. The van der Waals surface area contributed by atoms with Gasteiger partial charge >= 0.3 is 0 Å². The molecule has 1 aromatic rings. The molecule has 1 heterocycles. The Morgan fingerprint density at radius 1 is 1.60 bits per heavy atom. The maximum Gasteiger partial charge on any atom is 0.223 e. The summed E-state index contributed by atoms with van der Waals surface area (Å²) < 4.78 is 4.30. The molecule has 0 fully saturated rings. The van der Waals surface area contributed by atoms with Crippen molar-refractivity contribution in [3.63, 3.8) is 0 Å². The van der Waals surface area contributed by atoms with Crippen LogP contribution in [0.4, 0.5) is 0 Å². The lowest BCUT2D eigenvalue weighted by Gasteiger charge is -2.07. The lowest BCUT2D eigenvalue weighted by molar-refractivity contribution is -0.802. The molecule has 0 saturated carbocycles. The Kier molecular flexibility index (Phi) is 1.39. The van der Waals surface area contributed by atoms with E-state index in [0.717, 1.165) is 0 Å². The van der Waals surface area contributed by atoms with Crippen LogP contribution >= 0.6 is 0 Å². The zero-order valence-corrected chi connectivity index (χ0v) is 6.29. The van der Waals surface area contributed by atoms with Crippen LogP contribution in [0.15, 0.2) is 10.8 Å². The Bertz CT molecular complexity index is 224. The summed E-state index contributed by atoms with van der Waals surface area (Å²) in [4.78, 5) is 0.348. The van der Waals surface area contributed by atoms with Crippen LogP contribution in [0.2, 0.25) is 0 Å². The number of hydrogen-bond donors (Lipinski definition) is 0. The van der Waals surface area contributed by atoms with Gasteiger partial charge < -0.3 is 5.21 Å². The molecule has 4 nitrogen and oxygen atoms in total. The molecule has 0 saturated heterocycles. The van der Waals surface area contributed by atoms with Crippen LogP contribution < -0.4 is 4.90 Å². The summed E-state index contributed by atoms with van der Waals surface area (Å²) in [6, 6.07) is 0. The van der Waals surface area contributed by atoms with Gasteiger partial charge in [0.2, 0.25) is 5.69 Å². The second kappa shape index (κ2) is 1.97. The maximum absolute atomic E-state index is 10.4. The number of rotatable bonds is 0. The van der Waals surface area contributed by atoms with E-state index in [4.69, 9.17) is 0 Å². The molecule has 0 spiro atoms. The van der Waals surface area contributed by atoms with E-state index in [-0.39, 0.29) is 5.41 Å². The van der Waals surface area contributed by atoms with Gasteiger partial charge in [-0.05, 0) is 4.90 Å². The van der Waals surface area contributed by atoms with E-state index in [1.54, 1.807) is 0 Å². The van der Waals surface area contributed by atoms with Crippen molar-refractivity contribution in [2.75, 3.05) is 0 Å². The van der Waals surface area contributed by atoms with E-state index in [1.165, 1.54) is 6.20 Å². The third-order valence-corrected chi connectivity index (χ3v) is 1.22. The largest absolute Gasteiger partial charge is 0.360 e. The van der Waals surface area contributed by atoms with E-state index < -0.39 is 0 Å².